The summed E-state index contributed by atoms with van der Waals surface area (Å²) >= 11 is 0. The van der Waals surface area contributed by atoms with Gasteiger partial charge in [0.05, 0.1) is 0 Å². The lowest BCUT2D eigenvalue weighted by molar-refractivity contribution is 0.646. The second-order valence-electron chi connectivity index (χ2n) is 6.86. The number of aliphatic imine (C=N–C) groups is 1. The van der Waals surface area contributed by atoms with Crippen molar-refractivity contribution in [3.8, 4) is 0 Å². The molecule has 0 bridgehead atoms. The highest BCUT2D eigenvalue weighted by Crippen LogP contribution is 2.12. The van der Waals surface area contributed by atoms with E-state index in [0.29, 0.717) is 12.3 Å². The summed E-state index contributed by atoms with van der Waals surface area (Å²) in [5.41, 5.74) is 1.26. The Hall–Kier alpha value is -0.830. The molecule has 0 aromatic heterocycles. The standard InChI is InChI=1S/C19H34N4OS.HI/c1-6-23(17-11-8-7-9-12-17)15-10-13-21-18(20-5)22-14-16-25(24)19(2,3)4;/h7-9,11-12H,6,10,13-16H2,1-5H3,(H2,20,21,22);1H. The number of halogens is 1. The van der Waals surface area contributed by atoms with Crippen molar-refractivity contribution in [2.75, 3.05) is 43.9 Å². The minimum atomic E-state index is -0.844. The third-order valence-electron chi connectivity index (χ3n) is 3.89. The molecule has 0 aliphatic rings. The van der Waals surface area contributed by atoms with Crippen LogP contribution < -0.4 is 15.5 Å². The molecule has 0 saturated heterocycles. The number of hydrogen-bond acceptors (Lipinski definition) is 3. The summed E-state index contributed by atoms with van der Waals surface area (Å²) in [5.74, 6) is 1.40. The molecule has 1 aromatic carbocycles. The third kappa shape index (κ3) is 9.75. The topological polar surface area (TPSA) is 56.7 Å². The third-order valence-corrected chi connectivity index (χ3v) is 5.83. The second kappa shape index (κ2) is 13.4. The van der Waals surface area contributed by atoms with Crippen LogP contribution in [0.1, 0.15) is 34.1 Å². The van der Waals surface area contributed by atoms with Gasteiger partial charge in [0.25, 0.3) is 0 Å². The molecule has 1 unspecified atom stereocenters. The van der Waals surface area contributed by atoms with Crippen LogP contribution in [0.15, 0.2) is 35.3 Å². The molecule has 5 nitrogen and oxygen atoms in total. The summed E-state index contributed by atoms with van der Waals surface area (Å²) < 4.78 is 11.9. The highest BCUT2D eigenvalue weighted by molar-refractivity contribution is 14.0. The van der Waals surface area contributed by atoms with Crippen molar-refractivity contribution in [2.45, 2.75) is 38.9 Å². The van der Waals surface area contributed by atoms with Gasteiger partial charge in [-0.15, -0.1) is 24.0 Å². The number of para-hydroxylation sites is 1. The zero-order chi connectivity index (χ0) is 18.7. The molecule has 1 atom stereocenters. The average Bonchev–Trinajstić information content (AvgIpc) is 2.60. The van der Waals surface area contributed by atoms with Gasteiger partial charge < -0.3 is 15.5 Å². The molecule has 150 valence electrons. The normalized spacial score (nSPS) is 12.9. The van der Waals surface area contributed by atoms with Crippen molar-refractivity contribution in [3.63, 3.8) is 0 Å². The number of rotatable bonds is 9. The van der Waals surface area contributed by atoms with Crippen LogP contribution in [0.2, 0.25) is 0 Å². The molecule has 0 aliphatic carbocycles. The smallest absolute Gasteiger partial charge is 0.191 e. The summed E-state index contributed by atoms with van der Waals surface area (Å²) in [4.78, 5) is 6.59. The number of nitrogens with one attached hydrogen (secondary N) is 2. The molecular weight excluding hydrogens is 459 g/mol. The van der Waals surface area contributed by atoms with E-state index in [2.05, 4.69) is 51.7 Å². The van der Waals surface area contributed by atoms with Crippen LogP contribution in [0.25, 0.3) is 0 Å². The van der Waals surface area contributed by atoms with Crippen molar-refractivity contribution >= 4 is 46.4 Å². The first-order chi connectivity index (χ1) is 11.9. The van der Waals surface area contributed by atoms with Crippen LogP contribution >= 0.6 is 24.0 Å². The van der Waals surface area contributed by atoms with Crippen LogP contribution in [0.5, 0.6) is 0 Å². The molecular formula is C19H35IN4OS. The molecule has 0 spiro atoms. The lowest BCUT2D eigenvalue weighted by atomic mass is 10.2. The van der Waals surface area contributed by atoms with Crippen LogP contribution in [-0.4, -0.2) is 53.9 Å². The van der Waals surface area contributed by atoms with Gasteiger partial charge >= 0.3 is 0 Å². The van der Waals surface area contributed by atoms with E-state index in [1.807, 2.05) is 26.8 Å². The van der Waals surface area contributed by atoms with E-state index in [1.165, 1.54) is 5.69 Å². The maximum Gasteiger partial charge on any atom is 0.191 e. The first-order valence-corrected chi connectivity index (χ1v) is 10.3. The van der Waals surface area contributed by atoms with E-state index in [0.717, 1.165) is 32.0 Å². The first-order valence-electron chi connectivity index (χ1n) is 9.01. The summed E-state index contributed by atoms with van der Waals surface area (Å²) in [5, 5.41) is 6.56. The number of hydrogen-bond donors (Lipinski definition) is 2. The Morgan fingerprint density at radius 3 is 2.31 bits per heavy atom. The van der Waals surface area contributed by atoms with Crippen molar-refractivity contribution in [1.29, 1.82) is 0 Å². The summed E-state index contributed by atoms with van der Waals surface area (Å²) in [6, 6.07) is 10.5. The zero-order valence-corrected chi connectivity index (χ0v) is 19.9. The number of guanidine groups is 1. The molecule has 0 saturated carbocycles. The first kappa shape index (κ1) is 25.2. The van der Waals surface area contributed by atoms with Crippen molar-refractivity contribution in [2.24, 2.45) is 4.99 Å². The van der Waals surface area contributed by atoms with Gasteiger partial charge in [-0.1, -0.05) is 18.2 Å². The predicted molar refractivity (Wildman–Crippen MR) is 126 cm³/mol. The molecule has 1 rings (SSSR count). The molecule has 0 fully saturated rings. The Kier molecular flexibility index (Phi) is 12.9. The van der Waals surface area contributed by atoms with E-state index in [-0.39, 0.29) is 28.7 Å². The van der Waals surface area contributed by atoms with Gasteiger partial charge in [-0.05, 0) is 46.2 Å². The van der Waals surface area contributed by atoms with Gasteiger partial charge in [-0.3, -0.25) is 9.20 Å². The molecule has 0 heterocycles. The summed E-state index contributed by atoms with van der Waals surface area (Å²) in [6.07, 6.45) is 1.03. The highest BCUT2D eigenvalue weighted by atomic mass is 127. The van der Waals surface area contributed by atoms with Gasteiger partial charge in [-0.2, -0.15) is 0 Å². The Balaban J connectivity index is 0.00000625. The summed E-state index contributed by atoms with van der Waals surface area (Å²) in [6.45, 7) is 11.7. The van der Waals surface area contributed by atoms with Gasteiger partial charge in [0.15, 0.2) is 5.96 Å². The Bertz CT molecular complexity index is 546. The van der Waals surface area contributed by atoms with E-state index >= 15 is 0 Å². The van der Waals surface area contributed by atoms with Crippen molar-refractivity contribution in [1.82, 2.24) is 10.6 Å². The largest absolute Gasteiger partial charge is 0.372 e. The molecule has 7 heteroatoms. The molecule has 0 aliphatic heterocycles. The minimum absolute atomic E-state index is 0. The molecule has 0 amide bonds. The van der Waals surface area contributed by atoms with Crippen LogP contribution in [0, 0.1) is 0 Å². The average molecular weight is 494 g/mol. The van der Waals surface area contributed by atoms with E-state index < -0.39 is 10.8 Å². The minimum Gasteiger partial charge on any atom is -0.372 e. The molecule has 2 N–H and O–H groups in total. The van der Waals surface area contributed by atoms with Gasteiger partial charge in [-0.25, -0.2) is 0 Å². The zero-order valence-electron chi connectivity index (χ0n) is 16.7. The number of benzene rings is 1. The van der Waals surface area contributed by atoms with Gasteiger partial charge in [0.2, 0.25) is 0 Å². The quantitative estimate of drug-likeness (QED) is 0.240. The predicted octanol–water partition coefficient (Wildman–Crippen LogP) is 3.23. The molecule has 0 radical (unpaired) electrons. The van der Waals surface area contributed by atoms with Crippen molar-refractivity contribution < 1.29 is 4.21 Å². The maximum atomic E-state index is 12.0. The lowest BCUT2D eigenvalue weighted by Gasteiger charge is -2.23. The van der Waals surface area contributed by atoms with Crippen molar-refractivity contribution in [3.05, 3.63) is 30.3 Å². The van der Waals surface area contributed by atoms with E-state index in [9.17, 15) is 4.21 Å². The fourth-order valence-electron chi connectivity index (χ4n) is 2.37. The van der Waals surface area contributed by atoms with Crippen LogP contribution in [0.4, 0.5) is 5.69 Å². The monoisotopic (exact) mass is 494 g/mol. The number of anilines is 1. The lowest BCUT2D eigenvalue weighted by Crippen LogP contribution is -2.41. The van der Waals surface area contributed by atoms with Crippen LogP contribution in [0.3, 0.4) is 0 Å². The second-order valence-corrected chi connectivity index (χ2v) is 9.18. The van der Waals surface area contributed by atoms with Gasteiger partial charge in [0.1, 0.15) is 0 Å². The fourth-order valence-corrected chi connectivity index (χ4v) is 3.27. The summed E-state index contributed by atoms with van der Waals surface area (Å²) in [7, 11) is 0.919. The Morgan fingerprint density at radius 1 is 1.15 bits per heavy atom. The molecule has 1 aromatic rings. The van der Waals surface area contributed by atoms with Crippen LogP contribution in [-0.2, 0) is 10.8 Å². The highest BCUT2D eigenvalue weighted by Gasteiger charge is 2.18. The number of nitrogens with zero attached hydrogens (tertiary/aromatic N) is 2. The van der Waals surface area contributed by atoms with Gasteiger partial charge in [0, 0.05) is 60.2 Å². The SMILES string of the molecule is CCN(CCCNC(=NC)NCCS(=O)C(C)(C)C)c1ccccc1.I. The maximum absolute atomic E-state index is 12.0. The Labute approximate surface area is 178 Å². The fraction of sp³-hybridized carbons (Fsp3) is 0.632. The molecule has 26 heavy (non-hydrogen) atoms. The van der Waals surface area contributed by atoms with E-state index in [1.54, 1.807) is 7.05 Å². The van der Waals surface area contributed by atoms with E-state index in [4.69, 9.17) is 0 Å². The Morgan fingerprint density at radius 2 is 1.77 bits per heavy atom.